The number of rotatable bonds is 6. The molecule has 3 atom stereocenters. The quantitative estimate of drug-likeness (QED) is 0.870. The molecule has 5 heteroatoms. The first kappa shape index (κ1) is 16.8. The second-order valence-corrected chi connectivity index (χ2v) is 6.97. The van der Waals surface area contributed by atoms with Gasteiger partial charge in [0, 0.05) is 13.1 Å². The zero-order valence-electron chi connectivity index (χ0n) is 14.3. The number of carboxylic acid groups (broad SMARTS) is 1. The second-order valence-electron chi connectivity index (χ2n) is 6.97. The Hall–Kier alpha value is -2.04. The van der Waals surface area contributed by atoms with Gasteiger partial charge < -0.3 is 14.7 Å². The summed E-state index contributed by atoms with van der Waals surface area (Å²) < 4.78 is 5.94. The molecule has 24 heavy (non-hydrogen) atoms. The predicted octanol–water partition coefficient (Wildman–Crippen LogP) is 2.72. The van der Waals surface area contributed by atoms with Crippen LogP contribution >= 0.6 is 0 Å². The summed E-state index contributed by atoms with van der Waals surface area (Å²) in [6.45, 7) is 4.73. The maximum Gasteiger partial charge on any atom is 0.308 e. The molecule has 1 unspecified atom stereocenters. The number of carboxylic acids is 1. The fourth-order valence-electron chi connectivity index (χ4n) is 3.63. The van der Waals surface area contributed by atoms with Crippen LogP contribution in [0.1, 0.15) is 31.7 Å². The standard InChI is InChI=1S/C19H25NO4/c1-3-16(24-17-7-5-4-6-12(17)2)18(21)20-10-14(13-8-9-13)15(11-20)19(22)23/h4-7,13-16H,3,8-11H2,1-2H3,(H,22,23)/t14-,15+,16?/m1/s1. The van der Waals surface area contributed by atoms with E-state index in [1.165, 1.54) is 0 Å². The van der Waals surface area contributed by atoms with Crippen molar-refractivity contribution in [3.05, 3.63) is 29.8 Å². The third-order valence-electron chi connectivity index (χ3n) is 5.23. The van der Waals surface area contributed by atoms with Gasteiger partial charge in [0.1, 0.15) is 5.75 Å². The summed E-state index contributed by atoms with van der Waals surface area (Å²) in [5.74, 6) is -0.0169. The Balaban J connectivity index is 1.70. The van der Waals surface area contributed by atoms with Crippen molar-refractivity contribution in [3.63, 3.8) is 0 Å². The third kappa shape index (κ3) is 3.40. The Morgan fingerprint density at radius 1 is 1.29 bits per heavy atom. The van der Waals surface area contributed by atoms with Crippen LogP contribution in [-0.2, 0) is 9.59 Å². The van der Waals surface area contributed by atoms with Crippen molar-refractivity contribution in [2.24, 2.45) is 17.8 Å². The molecule has 0 radical (unpaired) electrons. The molecule has 1 saturated heterocycles. The molecule has 1 aromatic rings. The SMILES string of the molecule is CCC(Oc1ccccc1C)C(=O)N1C[C@H](C(=O)O)[C@@H](C2CC2)C1. The maximum absolute atomic E-state index is 12.9. The number of aryl methyl sites for hydroxylation is 1. The summed E-state index contributed by atoms with van der Waals surface area (Å²) in [6, 6.07) is 7.64. The van der Waals surface area contributed by atoms with Crippen LogP contribution in [0.2, 0.25) is 0 Å². The molecule has 0 spiro atoms. The summed E-state index contributed by atoms with van der Waals surface area (Å²) in [5.41, 5.74) is 0.990. The molecule has 1 N–H and O–H groups in total. The number of para-hydroxylation sites is 1. The van der Waals surface area contributed by atoms with Crippen LogP contribution in [0.4, 0.5) is 0 Å². The molecular formula is C19H25NO4. The van der Waals surface area contributed by atoms with Gasteiger partial charge in [0.05, 0.1) is 5.92 Å². The van der Waals surface area contributed by atoms with Crippen LogP contribution < -0.4 is 4.74 Å². The Labute approximate surface area is 142 Å². The Morgan fingerprint density at radius 2 is 2.00 bits per heavy atom. The lowest BCUT2D eigenvalue weighted by Crippen LogP contribution is -2.41. The van der Waals surface area contributed by atoms with Crippen molar-refractivity contribution in [1.82, 2.24) is 4.90 Å². The summed E-state index contributed by atoms with van der Waals surface area (Å²) in [7, 11) is 0. The van der Waals surface area contributed by atoms with E-state index in [1.807, 2.05) is 38.1 Å². The molecule has 0 aromatic heterocycles. The van der Waals surface area contributed by atoms with Crippen molar-refractivity contribution < 1.29 is 19.4 Å². The number of amides is 1. The van der Waals surface area contributed by atoms with Crippen molar-refractivity contribution in [1.29, 1.82) is 0 Å². The van der Waals surface area contributed by atoms with Crippen LogP contribution in [0.3, 0.4) is 0 Å². The number of carbonyl (C=O) groups excluding carboxylic acids is 1. The van der Waals surface area contributed by atoms with Gasteiger partial charge >= 0.3 is 5.97 Å². The number of nitrogens with zero attached hydrogens (tertiary/aromatic N) is 1. The zero-order valence-corrected chi connectivity index (χ0v) is 14.3. The average Bonchev–Trinajstić information content (AvgIpc) is 3.31. The van der Waals surface area contributed by atoms with Crippen LogP contribution in [0.25, 0.3) is 0 Å². The van der Waals surface area contributed by atoms with Gasteiger partial charge in [-0.1, -0.05) is 25.1 Å². The number of ether oxygens (including phenoxy) is 1. The molecule has 2 aliphatic rings. The van der Waals surface area contributed by atoms with E-state index < -0.39 is 18.0 Å². The van der Waals surface area contributed by atoms with E-state index in [1.54, 1.807) is 4.90 Å². The van der Waals surface area contributed by atoms with Gasteiger partial charge in [0.2, 0.25) is 0 Å². The number of carbonyl (C=O) groups is 2. The lowest BCUT2D eigenvalue weighted by molar-refractivity contribution is -0.143. The molecule has 2 fully saturated rings. The largest absolute Gasteiger partial charge is 0.481 e. The van der Waals surface area contributed by atoms with E-state index in [0.717, 1.165) is 18.4 Å². The molecule has 1 amide bonds. The highest BCUT2D eigenvalue weighted by atomic mass is 16.5. The van der Waals surface area contributed by atoms with E-state index >= 15 is 0 Å². The first-order valence-corrected chi connectivity index (χ1v) is 8.75. The summed E-state index contributed by atoms with van der Waals surface area (Å²) >= 11 is 0. The average molecular weight is 331 g/mol. The molecule has 1 aliphatic carbocycles. The van der Waals surface area contributed by atoms with Crippen molar-refractivity contribution in [2.45, 2.75) is 39.2 Å². The molecular weight excluding hydrogens is 306 g/mol. The smallest absolute Gasteiger partial charge is 0.308 e. The molecule has 5 nitrogen and oxygen atoms in total. The minimum atomic E-state index is -0.782. The minimum absolute atomic E-state index is 0.0878. The van der Waals surface area contributed by atoms with E-state index in [9.17, 15) is 14.7 Å². The van der Waals surface area contributed by atoms with Gasteiger partial charge in [0.25, 0.3) is 5.91 Å². The van der Waals surface area contributed by atoms with E-state index in [4.69, 9.17) is 4.74 Å². The Bertz CT molecular complexity index is 626. The van der Waals surface area contributed by atoms with Crippen LogP contribution in [0.5, 0.6) is 5.75 Å². The van der Waals surface area contributed by atoms with Crippen molar-refractivity contribution in [3.8, 4) is 5.75 Å². The summed E-state index contributed by atoms with van der Waals surface area (Å²) in [6.07, 6.45) is 2.19. The predicted molar refractivity (Wildman–Crippen MR) is 89.8 cm³/mol. The van der Waals surface area contributed by atoms with E-state index in [-0.39, 0.29) is 11.8 Å². The van der Waals surface area contributed by atoms with Gasteiger partial charge in [-0.2, -0.15) is 0 Å². The third-order valence-corrected chi connectivity index (χ3v) is 5.23. The van der Waals surface area contributed by atoms with E-state index in [0.29, 0.717) is 31.2 Å². The molecule has 1 saturated carbocycles. The monoisotopic (exact) mass is 331 g/mol. The number of likely N-dealkylation sites (tertiary alicyclic amines) is 1. The lowest BCUT2D eigenvalue weighted by Gasteiger charge is -2.24. The first-order valence-electron chi connectivity index (χ1n) is 8.75. The topological polar surface area (TPSA) is 66.8 Å². The molecule has 130 valence electrons. The molecule has 1 aromatic carbocycles. The molecule has 3 rings (SSSR count). The van der Waals surface area contributed by atoms with Gasteiger partial charge in [-0.15, -0.1) is 0 Å². The summed E-state index contributed by atoms with van der Waals surface area (Å²) in [5, 5.41) is 9.46. The lowest BCUT2D eigenvalue weighted by atomic mass is 9.92. The Morgan fingerprint density at radius 3 is 2.58 bits per heavy atom. The van der Waals surface area contributed by atoms with Gasteiger partial charge in [-0.3, -0.25) is 9.59 Å². The fourth-order valence-corrected chi connectivity index (χ4v) is 3.63. The van der Waals surface area contributed by atoms with Crippen LogP contribution in [0.15, 0.2) is 24.3 Å². The first-order chi connectivity index (χ1) is 11.5. The van der Waals surface area contributed by atoms with Gasteiger partial charge in [-0.25, -0.2) is 0 Å². The highest BCUT2D eigenvalue weighted by Crippen LogP contribution is 2.44. The number of aliphatic carboxylic acids is 1. The zero-order chi connectivity index (χ0) is 17.3. The normalized spacial score (nSPS) is 24.7. The minimum Gasteiger partial charge on any atom is -0.481 e. The number of hydrogen-bond donors (Lipinski definition) is 1. The van der Waals surface area contributed by atoms with E-state index in [2.05, 4.69) is 0 Å². The van der Waals surface area contributed by atoms with Gasteiger partial charge in [0.15, 0.2) is 6.10 Å². The highest BCUT2D eigenvalue weighted by molar-refractivity contribution is 5.83. The maximum atomic E-state index is 12.9. The summed E-state index contributed by atoms with van der Waals surface area (Å²) in [4.78, 5) is 26.1. The second kappa shape index (κ2) is 6.83. The molecule has 1 heterocycles. The highest BCUT2D eigenvalue weighted by Gasteiger charge is 2.47. The van der Waals surface area contributed by atoms with Crippen LogP contribution in [-0.4, -0.2) is 41.1 Å². The molecule has 1 aliphatic heterocycles. The molecule has 0 bridgehead atoms. The van der Waals surface area contributed by atoms with Gasteiger partial charge in [-0.05, 0) is 49.7 Å². The van der Waals surface area contributed by atoms with Crippen molar-refractivity contribution in [2.75, 3.05) is 13.1 Å². The number of benzene rings is 1. The van der Waals surface area contributed by atoms with Crippen LogP contribution in [0, 0.1) is 24.7 Å². The fraction of sp³-hybridized carbons (Fsp3) is 0.579. The Kier molecular flexibility index (Phi) is 4.78. The van der Waals surface area contributed by atoms with Crippen molar-refractivity contribution >= 4 is 11.9 Å². The number of hydrogen-bond acceptors (Lipinski definition) is 3.